The predicted molar refractivity (Wildman–Crippen MR) is 102 cm³/mol. The first-order chi connectivity index (χ1) is 14.2. The number of carbonyl (C=O) groups is 1. The molecule has 2 aromatic heterocycles. The largest absolute Gasteiger partial charge is 0.383 e. The van der Waals surface area contributed by atoms with Gasteiger partial charge in [0.2, 0.25) is 0 Å². The summed E-state index contributed by atoms with van der Waals surface area (Å²) in [5, 5.41) is 12.5. The second kappa shape index (κ2) is 8.50. The highest BCUT2D eigenvalue weighted by Gasteiger charge is 2.48. The predicted octanol–water partition coefficient (Wildman–Crippen LogP) is 1.08. The van der Waals surface area contributed by atoms with Crippen molar-refractivity contribution < 1.29 is 13.9 Å². The number of carbonyl (C=O) groups excluding carboxylic acids is 1. The molecule has 0 bridgehead atoms. The summed E-state index contributed by atoms with van der Waals surface area (Å²) in [6.07, 6.45) is 6.38. The summed E-state index contributed by atoms with van der Waals surface area (Å²) in [4.78, 5) is 21.0. The fourth-order valence-electron chi connectivity index (χ4n) is 4.52. The third-order valence-electron chi connectivity index (χ3n) is 5.93. The van der Waals surface area contributed by atoms with Gasteiger partial charge in [0.25, 0.3) is 5.91 Å². The van der Waals surface area contributed by atoms with Crippen LogP contribution in [0.25, 0.3) is 0 Å². The van der Waals surface area contributed by atoms with Gasteiger partial charge >= 0.3 is 0 Å². The Bertz CT molecular complexity index is 855. The van der Waals surface area contributed by atoms with Crippen LogP contribution in [-0.2, 0) is 16.8 Å². The van der Waals surface area contributed by atoms with Gasteiger partial charge in [-0.25, -0.2) is 9.07 Å². The Labute approximate surface area is 168 Å². The van der Waals surface area contributed by atoms with Crippen molar-refractivity contribution in [3.63, 3.8) is 0 Å². The second-order valence-electron chi connectivity index (χ2n) is 7.63. The Morgan fingerprint density at radius 1 is 1.28 bits per heavy atom. The van der Waals surface area contributed by atoms with E-state index in [-0.39, 0.29) is 11.5 Å². The minimum Gasteiger partial charge on any atom is -0.383 e. The van der Waals surface area contributed by atoms with Crippen LogP contribution in [0.4, 0.5) is 4.39 Å². The lowest BCUT2D eigenvalue weighted by Gasteiger charge is -2.47. The summed E-state index contributed by atoms with van der Waals surface area (Å²) >= 11 is 0. The molecule has 0 saturated carbocycles. The highest BCUT2D eigenvalue weighted by molar-refractivity contribution is 5.94. The summed E-state index contributed by atoms with van der Waals surface area (Å²) in [5.74, 6) is -0.159. The van der Waals surface area contributed by atoms with Crippen molar-refractivity contribution in [1.82, 2.24) is 35.0 Å². The summed E-state index contributed by atoms with van der Waals surface area (Å²) < 4.78 is 21.2. The molecule has 0 N–H and O–H groups in total. The number of likely N-dealkylation sites (tertiary alicyclic amines) is 2. The van der Waals surface area contributed by atoms with Gasteiger partial charge in [-0.15, -0.1) is 5.10 Å². The Hall–Kier alpha value is -2.46. The lowest BCUT2D eigenvalue weighted by molar-refractivity contribution is 0.0119. The molecule has 0 spiro atoms. The van der Waals surface area contributed by atoms with Crippen molar-refractivity contribution in [2.45, 2.75) is 37.8 Å². The van der Waals surface area contributed by atoms with Gasteiger partial charge in [0, 0.05) is 26.4 Å². The fraction of sp³-hybridized carbons (Fsp3) is 0.632. The lowest BCUT2D eigenvalue weighted by atomic mass is 9.85. The van der Waals surface area contributed by atoms with Crippen LogP contribution >= 0.6 is 0 Å². The van der Waals surface area contributed by atoms with Gasteiger partial charge in [0.05, 0.1) is 24.9 Å². The SMILES string of the molecule is COCCn1nnnc1C1(N2CCCC2)CCCN(C(=O)c2ccncc2F)C1. The Balaban J connectivity index is 1.68. The molecule has 29 heavy (non-hydrogen) atoms. The third kappa shape index (κ3) is 3.74. The molecule has 4 rings (SSSR count). The first-order valence-corrected chi connectivity index (χ1v) is 10.0. The molecule has 2 fully saturated rings. The van der Waals surface area contributed by atoms with E-state index in [1.807, 2.05) is 0 Å². The highest BCUT2D eigenvalue weighted by atomic mass is 19.1. The fourth-order valence-corrected chi connectivity index (χ4v) is 4.52. The number of hydrogen-bond acceptors (Lipinski definition) is 7. The zero-order valence-electron chi connectivity index (χ0n) is 16.6. The number of aromatic nitrogens is 5. The van der Waals surface area contributed by atoms with E-state index < -0.39 is 11.4 Å². The molecule has 2 aliphatic heterocycles. The molecule has 1 atom stereocenters. The van der Waals surface area contributed by atoms with Crippen molar-refractivity contribution in [1.29, 1.82) is 0 Å². The lowest BCUT2D eigenvalue weighted by Crippen LogP contribution is -2.58. The normalized spacial score (nSPS) is 22.9. The Morgan fingerprint density at radius 3 is 2.86 bits per heavy atom. The molecule has 0 aliphatic carbocycles. The highest BCUT2D eigenvalue weighted by Crippen LogP contribution is 2.39. The molecule has 10 heteroatoms. The van der Waals surface area contributed by atoms with Gasteiger partial charge in [-0.2, -0.15) is 0 Å². The molecule has 9 nitrogen and oxygen atoms in total. The van der Waals surface area contributed by atoms with Crippen LogP contribution in [0, 0.1) is 5.82 Å². The number of nitrogens with zero attached hydrogens (tertiary/aromatic N) is 7. The van der Waals surface area contributed by atoms with Gasteiger partial charge in [0.1, 0.15) is 5.54 Å². The summed E-state index contributed by atoms with van der Waals surface area (Å²) in [5.41, 5.74) is -0.429. The van der Waals surface area contributed by atoms with Crippen molar-refractivity contribution in [3.8, 4) is 0 Å². The zero-order valence-corrected chi connectivity index (χ0v) is 16.6. The van der Waals surface area contributed by atoms with Gasteiger partial charge in [-0.05, 0) is 55.3 Å². The minimum atomic E-state index is -0.597. The number of methoxy groups -OCH3 is 1. The molecule has 1 unspecified atom stereocenters. The van der Waals surface area contributed by atoms with E-state index in [9.17, 15) is 9.18 Å². The molecule has 4 heterocycles. The van der Waals surface area contributed by atoms with Crippen LogP contribution < -0.4 is 0 Å². The topological polar surface area (TPSA) is 89.3 Å². The molecule has 2 aromatic rings. The van der Waals surface area contributed by atoms with E-state index in [4.69, 9.17) is 4.74 Å². The summed E-state index contributed by atoms with van der Waals surface area (Å²) in [6.45, 7) is 3.92. The van der Waals surface area contributed by atoms with Gasteiger partial charge in [0.15, 0.2) is 11.6 Å². The van der Waals surface area contributed by atoms with Gasteiger partial charge in [-0.3, -0.25) is 14.7 Å². The molecule has 2 saturated heterocycles. The van der Waals surface area contributed by atoms with Crippen molar-refractivity contribution in [2.24, 2.45) is 0 Å². The second-order valence-corrected chi connectivity index (χ2v) is 7.63. The molecule has 0 aromatic carbocycles. The maximum absolute atomic E-state index is 14.2. The first kappa shape index (κ1) is 19.8. The quantitative estimate of drug-likeness (QED) is 0.713. The number of piperidine rings is 1. The van der Waals surface area contributed by atoms with E-state index in [1.165, 1.54) is 12.3 Å². The smallest absolute Gasteiger partial charge is 0.257 e. The molecule has 2 aliphatic rings. The van der Waals surface area contributed by atoms with Crippen LogP contribution in [0.15, 0.2) is 18.5 Å². The van der Waals surface area contributed by atoms with Gasteiger partial charge in [-0.1, -0.05) is 0 Å². The molecule has 156 valence electrons. The van der Waals surface area contributed by atoms with E-state index >= 15 is 0 Å². The number of hydrogen-bond donors (Lipinski definition) is 0. The number of tetrazole rings is 1. The maximum atomic E-state index is 14.2. The number of ether oxygens (including phenoxy) is 1. The molecule has 1 amide bonds. The van der Waals surface area contributed by atoms with E-state index in [0.29, 0.717) is 26.2 Å². The summed E-state index contributed by atoms with van der Waals surface area (Å²) in [6, 6.07) is 1.44. The Morgan fingerprint density at radius 2 is 2.10 bits per heavy atom. The van der Waals surface area contributed by atoms with Crippen LogP contribution in [0.2, 0.25) is 0 Å². The minimum absolute atomic E-state index is 0.0520. The first-order valence-electron chi connectivity index (χ1n) is 10.0. The molecule has 0 radical (unpaired) electrons. The van der Waals surface area contributed by atoms with E-state index in [0.717, 1.165) is 50.8 Å². The number of halogens is 1. The van der Waals surface area contributed by atoms with Crippen LogP contribution in [0.3, 0.4) is 0 Å². The van der Waals surface area contributed by atoms with Crippen LogP contribution in [0.1, 0.15) is 41.9 Å². The number of rotatable bonds is 6. The third-order valence-corrected chi connectivity index (χ3v) is 5.93. The van der Waals surface area contributed by atoms with Crippen LogP contribution in [-0.4, -0.2) is 80.8 Å². The molecular weight excluding hydrogens is 377 g/mol. The van der Waals surface area contributed by atoms with Crippen molar-refractivity contribution in [3.05, 3.63) is 35.7 Å². The average molecular weight is 403 g/mol. The summed E-state index contributed by atoms with van der Waals surface area (Å²) in [7, 11) is 1.64. The van der Waals surface area contributed by atoms with Crippen LogP contribution in [0.5, 0.6) is 0 Å². The maximum Gasteiger partial charge on any atom is 0.257 e. The van der Waals surface area contributed by atoms with E-state index in [2.05, 4.69) is 25.4 Å². The monoisotopic (exact) mass is 403 g/mol. The average Bonchev–Trinajstić information content (AvgIpc) is 3.45. The zero-order chi connectivity index (χ0) is 20.3. The Kier molecular flexibility index (Phi) is 5.81. The van der Waals surface area contributed by atoms with Gasteiger partial charge < -0.3 is 9.64 Å². The molecular formula is C19H26FN7O2. The van der Waals surface area contributed by atoms with E-state index in [1.54, 1.807) is 16.7 Å². The number of amides is 1. The number of pyridine rings is 1. The van der Waals surface area contributed by atoms with Crippen molar-refractivity contribution >= 4 is 5.91 Å². The standard InChI is InChI=1S/C19H26FN7O2/c1-29-12-11-27-18(22-23-24-27)19(26-9-2-3-10-26)6-4-8-25(14-19)17(28)15-5-7-21-13-16(15)20/h5,7,13H,2-4,6,8-12,14H2,1H3. The van der Waals surface area contributed by atoms with Crippen molar-refractivity contribution in [2.75, 3.05) is 39.9 Å².